The van der Waals surface area contributed by atoms with E-state index in [1.807, 2.05) is 6.07 Å². The van der Waals surface area contributed by atoms with Gasteiger partial charge in [0.25, 0.3) is 20.2 Å². The zero-order valence-corrected chi connectivity index (χ0v) is 23.0. The minimum absolute atomic E-state index is 0.112. The Labute approximate surface area is 232 Å². The third kappa shape index (κ3) is 6.67. The number of anilines is 1. The minimum Gasteiger partial charge on any atom is -0.354 e. The largest absolute Gasteiger partial charge is 0.354 e. The molecular formula is C20H21N9O8S3. The summed E-state index contributed by atoms with van der Waals surface area (Å²) in [6.07, 6.45) is 1.62. The average Bonchev–Trinajstić information content (AvgIpc) is 3.41. The van der Waals surface area contributed by atoms with Crippen LogP contribution in [0.4, 0.5) is 11.5 Å². The van der Waals surface area contributed by atoms with Crippen LogP contribution in [0.1, 0.15) is 11.5 Å². The Morgan fingerprint density at radius 1 is 1.00 bits per heavy atom. The number of pyridine rings is 2. The maximum Gasteiger partial charge on any atom is 0.266 e. The number of aromatic nitrogens is 5. The second-order valence-electron chi connectivity index (χ2n) is 8.42. The number of rotatable bonds is 11. The first-order chi connectivity index (χ1) is 19.0. The van der Waals surface area contributed by atoms with Gasteiger partial charge in [0.2, 0.25) is 24.0 Å². The van der Waals surface area contributed by atoms with Crippen LogP contribution in [0.5, 0.6) is 0 Å². The molecular weight excluding hydrogens is 590 g/mol. The smallest absolute Gasteiger partial charge is 0.266 e. The molecule has 3 aromatic rings. The highest BCUT2D eigenvalue weighted by molar-refractivity contribution is 7.90. The second kappa shape index (κ2) is 11.2. The van der Waals surface area contributed by atoms with E-state index in [0.29, 0.717) is 40.1 Å². The van der Waals surface area contributed by atoms with Gasteiger partial charge in [-0.05, 0) is 36.4 Å². The number of aliphatic imine (C=N–C) groups is 1. The molecule has 0 bridgehead atoms. The van der Waals surface area contributed by atoms with Crippen LogP contribution < -0.4 is 4.90 Å². The minimum atomic E-state index is -4.34. The summed E-state index contributed by atoms with van der Waals surface area (Å²) in [6.45, 7) is 1.23. The fourth-order valence-corrected chi connectivity index (χ4v) is 4.85. The normalized spacial score (nSPS) is 16.6. The molecule has 1 fully saturated rings. The van der Waals surface area contributed by atoms with Crippen LogP contribution in [0.2, 0.25) is 0 Å². The van der Waals surface area contributed by atoms with Crippen molar-refractivity contribution in [3.05, 3.63) is 48.0 Å². The second-order valence-corrected chi connectivity index (χ2v) is 12.0. The van der Waals surface area contributed by atoms with Crippen LogP contribution in [-0.4, -0.2) is 98.6 Å². The monoisotopic (exact) mass is 611 g/mol. The standard InChI is InChI=1S/C20H21N9O8S3/c1-13-14(5-6-17(22-13)27(8-10-39(30,31)32)9-11-40(33,34)35)23-18-16(12-28-36-38-37-28)26-29-19(24-25-20(18)29)15-4-2-3-7-21-15/h2-7H,8-12H2,1H3,(H,30,31,32)(H,33,34,35)/b23-18-. The van der Waals surface area contributed by atoms with Crippen LogP contribution in [0.3, 0.4) is 0 Å². The molecule has 0 radical (unpaired) electrons. The Morgan fingerprint density at radius 3 is 2.27 bits per heavy atom. The van der Waals surface area contributed by atoms with Crippen LogP contribution in [0.25, 0.3) is 11.5 Å². The van der Waals surface area contributed by atoms with Crippen molar-refractivity contribution in [1.29, 1.82) is 0 Å². The molecule has 0 saturated carbocycles. The first-order valence-corrected chi connectivity index (χ1v) is 15.3. The van der Waals surface area contributed by atoms with Crippen LogP contribution in [0, 0.1) is 6.92 Å². The van der Waals surface area contributed by atoms with Gasteiger partial charge in [0, 0.05) is 19.3 Å². The van der Waals surface area contributed by atoms with E-state index in [2.05, 4.69) is 25.3 Å². The Kier molecular flexibility index (Phi) is 7.92. The molecule has 0 unspecified atom stereocenters. The summed E-state index contributed by atoms with van der Waals surface area (Å²) in [5.41, 5.74) is 2.18. The van der Waals surface area contributed by atoms with Crippen molar-refractivity contribution in [3.63, 3.8) is 0 Å². The van der Waals surface area contributed by atoms with Crippen molar-refractivity contribution in [3.8, 4) is 11.5 Å². The van der Waals surface area contributed by atoms with Crippen LogP contribution in [-0.2, 0) is 28.8 Å². The maximum absolute atomic E-state index is 11.3. The number of hydroxylamine groups is 2. The van der Waals surface area contributed by atoms with E-state index < -0.39 is 31.7 Å². The van der Waals surface area contributed by atoms with Gasteiger partial charge in [0.05, 0.1) is 22.9 Å². The van der Waals surface area contributed by atoms with E-state index in [4.69, 9.17) is 22.7 Å². The van der Waals surface area contributed by atoms with E-state index in [0.717, 1.165) is 12.3 Å². The molecule has 0 aliphatic carbocycles. The molecule has 5 heterocycles. The predicted octanol–water partition coefficient (Wildman–Crippen LogP) is 0.706. The third-order valence-corrected chi connectivity index (χ3v) is 7.44. The summed E-state index contributed by atoms with van der Waals surface area (Å²) >= 11 is 0.802. The van der Waals surface area contributed by atoms with Crippen LogP contribution >= 0.6 is 12.3 Å². The van der Waals surface area contributed by atoms with Gasteiger partial charge in [-0.15, -0.1) is 10.2 Å². The summed E-state index contributed by atoms with van der Waals surface area (Å²) in [6, 6.07) is 8.45. The van der Waals surface area contributed by atoms with Crippen molar-refractivity contribution in [2.75, 3.05) is 36.0 Å². The Morgan fingerprint density at radius 2 is 1.70 bits per heavy atom. The topological polar surface area (TPSA) is 215 Å². The first-order valence-electron chi connectivity index (χ1n) is 11.4. The van der Waals surface area contributed by atoms with Gasteiger partial charge in [-0.25, -0.2) is 9.98 Å². The fourth-order valence-electron chi connectivity index (χ4n) is 3.69. The van der Waals surface area contributed by atoms with Crippen LogP contribution in [0.15, 0.2) is 46.6 Å². The quantitative estimate of drug-likeness (QED) is 0.225. The molecule has 0 atom stereocenters. The summed E-state index contributed by atoms with van der Waals surface area (Å²) in [5, 5.41) is 14.3. The van der Waals surface area contributed by atoms with E-state index in [1.165, 1.54) is 20.9 Å². The number of hydrogen-bond acceptors (Lipinski definition) is 15. The molecule has 40 heavy (non-hydrogen) atoms. The maximum atomic E-state index is 11.3. The first kappa shape index (κ1) is 28.2. The van der Waals surface area contributed by atoms with E-state index >= 15 is 0 Å². The Bertz CT molecular complexity index is 1650. The fraction of sp³-hybridized carbons (Fsp3) is 0.300. The highest BCUT2D eigenvalue weighted by Gasteiger charge is 2.33. The molecule has 212 valence electrons. The van der Waals surface area contributed by atoms with Gasteiger partial charge in [-0.2, -0.15) is 35.2 Å². The Hall–Kier alpha value is -3.37. The van der Waals surface area contributed by atoms with Crippen molar-refractivity contribution < 1.29 is 34.5 Å². The van der Waals surface area contributed by atoms with Gasteiger partial charge < -0.3 is 4.90 Å². The van der Waals surface area contributed by atoms with Crippen molar-refractivity contribution in [2.24, 2.45) is 10.1 Å². The highest BCUT2D eigenvalue weighted by Crippen LogP contribution is 2.28. The molecule has 2 aliphatic rings. The molecule has 3 aromatic heterocycles. The summed E-state index contributed by atoms with van der Waals surface area (Å²) in [7, 11) is -8.67. The number of fused-ring (bicyclic) bond motifs is 1. The van der Waals surface area contributed by atoms with Crippen molar-refractivity contribution in [1.82, 2.24) is 30.1 Å². The average molecular weight is 612 g/mol. The third-order valence-electron chi connectivity index (χ3n) is 5.58. The predicted molar refractivity (Wildman–Crippen MR) is 143 cm³/mol. The van der Waals surface area contributed by atoms with Gasteiger partial charge in [0.15, 0.2) is 0 Å². The number of aryl methyl sites for hydroxylation is 1. The van der Waals surface area contributed by atoms with Gasteiger partial charge in [-0.3, -0.25) is 14.1 Å². The molecule has 0 aromatic carbocycles. The highest BCUT2D eigenvalue weighted by atomic mass is 32.2. The van der Waals surface area contributed by atoms with E-state index in [-0.39, 0.29) is 25.5 Å². The molecule has 2 N–H and O–H groups in total. The molecule has 1 saturated heterocycles. The van der Waals surface area contributed by atoms with Gasteiger partial charge in [-0.1, -0.05) is 6.07 Å². The zero-order chi connectivity index (χ0) is 28.5. The van der Waals surface area contributed by atoms with E-state index in [9.17, 15) is 16.8 Å². The van der Waals surface area contributed by atoms with Crippen molar-refractivity contribution in [2.45, 2.75) is 6.92 Å². The lowest BCUT2D eigenvalue weighted by molar-refractivity contribution is -0.291. The van der Waals surface area contributed by atoms with E-state index in [1.54, 1.807) is 31.3 Å². The van der Waals surface area contributed by atoms with Crippen molar-refractivity contribution >= 4 is 55.5 Å². The number of hydrogen-bond donors (Lipinski definition) is 2. The lowest BCUT2D eigenvalue weighted by Crippen LogP contribution is -2.35. The molecule has 2 aliphatic heterocycles. The molecule has 0 spiro atoms. The summed E-state index contributed by atoms with van der Waals surface area (Å²) in [4.78, 5) is 14.8. The lowest BCUT2D eigenvalue weighted by atomic mass is 10.2. The van der Waals surface area contributed by atoms with Gasteiger partial charge >= 0.3 is 0 Å². The molecule has 5 rings (SSSR count). The van der Waals surface area contributed by atoms with Gasteiger partial charge in [0.1, 0.15) is 29.5 Å². The zero-order valence-electron chi connectivity index (χ0n) is 20.6. The Balaban J connectivity index is 1.48. The molecule has 17 nitrogen and oxygen atoms in total. The molecule has 0 amide bonds. The SMILES string of the molecule is Cc1nc(N(CCS(=O)(=O)O)CCS(=O)(=O)O)ccc1/N=C1/C(CN2OSO2)=Nn2c1nnc2-c1ccccn1. The number of nitrogens with zero attached hydrogens (tertiary/aromatic N) is 9. The summed E-state index contributed by atoms with van der Waals surface area (Å²) < 4.78 is 75.2. The molecule has 20 heteroatoms. The lowest BCUT2D eigenvalue weighted by Gasteiger charge is -2.24. The summed E-state index contributed by atoms with van der Waals surface area (Å²) in [5.74, 6) is -0.382.